The van der Waals surface area contributed by atoms with Crippen LogP contribution in [0.1, 0.15) is 56.7 Å². The van der Waals surface area contributed by atoms with E-state index in [1.807, 2.05) is 0 Å². The van der Waals surface area contributed by atoms with Crippen molar-refractivity contribution in [2.24, 2.45) is 0 Å². The summed E-state index contributed by atoms with van der Waals surface area (Å²) in [6.07, 6.45) is 1.24. The molecule has 152 valence electrons. The number of rotatable bonds is 7. The molecule has 0 amide bonds. The third-order valence-electron chi connectivity index (χ3n) is 4.17. The zero-order chi connectivity index (χ0) is 20.8. The van der Waals surface area contributed by atoms with Gasteiger partial charge in [-0.2, -0.15) is 0 Å². The Morgan fingerprint density at radius 2 is 1.36 bits per heavy atom. The Morgan fingerprint density at radius 3 is 1.82 bits per heavy atom. The molecule has 2 rings (SSSR count). The summed E-state index contributed by atoms with van der Waals surface area (Å²) in [4.78, 5) is 37.3. The summed E-state index contributed by atoms with van der Waals surface area (Å²) in [5, 5.41) is 3.03. The maximum Gasteiger partial charge on any atom is 0.341 e. The molecule has 1 aromatic rings. The summed E-state index contributed by atoms with van der Waals surface area (Å²) < 4.78 is 20.9. The molecule has 0 unspecified atom stereocenters. The third-order valence-corrected chi connectivity index (χ3v) is 4.17. The number of dihydropyridines is 1. The van der Waals surface area contributed by atoms with Crippen molar-refractivity contribution in [1.82, 2.24) is 5.32 Å². The summed E-state index contributed by atoms with van der Waals surface area (Å²) in [7, 11) is 0. The highest BCUT2D eigenvalue weighted by atomic mass is 16.5. The van der Waals surface area contributed by atoms with Crippen LogP contribution in [0.2, 0.25) is 0 Å². The van der Waals surface area contributed by atoms with Crippen LogP contribution in [-0.4, -0.2) is 37.7 Å². The molecule has 0 saturated heterocycles. The largest absolute Gasteiger partial charge is 0.467 e. The Balaban J connectivity index is 2.58. The fourth-order valence-electron chi connectivity index (χ4n) is 3.06. The second kappa shape index (κ2) is 9.25. The average Bonchev–Trinajstić information content (AvgIpc) is 3.11. The van der Waals surface area contributed by atoms with Gasteiger partial charge in [0.25, 0.3) is 0 Å². The predicted molar refractivity (Wildman–Crippen MR) is 99.2 cm³/mol. The van der Waals surface area contributed by atoms with Crippen LogP contribution < -0.4 is 5.32 Å². The highest BCUT2D eigenvalue weighted by Crippen LogP contribution is 2.40. The van der Waals surface area contributed by atoms with E-state index < -0.39 is 23.8 Å². The molecule has 8 nitrogen and oxygen atoms in total. The van der Waals surface area contributed by atoms with Crippen LogP contribution in [-0.2, 0) is 23.8 Å². The van der Waals surface area contributed by atoms with Gasteiger partial charge >= 0.3 is 17.9 Å². The van der Waals surface area contributed by atoms with Gasteiger partial charge in [-0.1, -0.05) is 0 Å². The van der Waals surface area contributed by atoms with Crippen LogP contribution in [0.15, 0.2) is 39.3 Å². The molecule has 0 spiro atoms. The number of hydrogen-bond acceptors (Lipinski definition) is 8. The SMILES string of the molecule is CCOC(=O)C1=C(C)NC(C)=C(C(=O)OCC)C1c1cc(C(=O)OCC)co1. The van der Waals surface area contributed by atoms with Gasteiger partial charge in [0.05, 0.1) is 42.4 Å². The van der Waals surface area contributed by atoms with Crippen LogP contribution in [0.4, 0.5) is 0 Å². The monoisotopic (exact) mass is 391 g/mol. The van der Waals surface area contributed by atoms with E-state index in [1.54, 1.807) is 34.6 Å². The minimum atomic E-state index is -0.873. The Kier molecular flexibility index (Phi) is 7.03. The van der Waals surface area contributed by atoms with Gasteiger partial charge in [0.2, 0.25) is 0 Å². The second-order valence-corrected chi connectivity index (χ2v) is 6.03. The smallest absolute Gasteiger partial charge is 0.341 e. The zero-order valence-electron chi connectivity index (χ0n) is 16.7. The lowest BCUT2D eigenvalue weighted by atomic mass is 9.83. The Labute approximate surface area is 163 Å². The van der Waals surface area contributed by atoms with Crippen molar-refractivity contribution in [3.05, 3.63) is 46.2 Å². The van der Waals surface area contributed by atoms with Crippen molar-refractivity contribution < 1.29 is 33.0 Å². The van der Waals surface area contributed by atoms with Crippen molar-refractivity contribution >= 4 is 17.9 Å². The first-order valence-electron chi connectivity index (χ1n) is 9.13. The van der Waals surface area contributed by atoms with Crippen molar-refractivity contribution in [2.45, 2.75) is 40.5 Å². The molecule has 0 atom stereocenters. The number of allylic oxidation sites excluding steroid dienone is 2. The van der Waals surface area contributed by atoms with Crippen LogP contribution in [0.3, 0.4) is 0 Å². The lowest BCUT2D eigenvalue weighted by molar-refractivity contribution is -0.139. The highest BCUT2D eigenvalue weighted by molar-refractivity contribution is 6.00. The van der Waals surface area contributed by atoms with Gasteiger partial charge in [-0.15, -0.1) is 0 Å². The molecule has 0 saturated carbocycles. The van der Waals surface area contributed by atoms with Gasteiger partial charge < -0.3 is 23.9 Å². The molecule has 0 aliphatic carbocycles. The predicted octanol–water partition coefficient (Wildman–Crippen LogP) is 2.82. The number of hydrogen-bond donors (Lipinski definition) is 1. The number of carbonyl (C=O) groups is 3. The average molecular weight is 391 g/mol. The Bertz CT molecular complexity index is 791. The molecular weight excluding hydrogens is 366 g/mol. The minimum Gasteiger partial charge on any atom is -0.467 e. The first kappa shape index (κ1) is 21.3. The van der Waals surface area contributed by atoms with Gasteiger partial charge in [0, 0.05) is 11.4 Å². The number of carbonyl (C=O) groups excluding carboxylic acids is 3. The second-order valence-electron chi connectivity index (χ2n) is 6.03. The van der Waals surface area contributed by atoms with E-state index in [-0.39, 0.29) is 42.3 Å². The molecule has 0 bridgehead atoms. The molecule has 1 N–H and O–H groups in total. The van der Waals surface area contributed by atoms with E-state index in [2.05, 4.69) is 5.32 Å². The van der Waals surface area contributed by atoms with Gasteiger partial charge in [-0.05, 0) is 40.7 Å². The summed E-state index contributed by atoms with van der Waals surface area (Å²) >= 11 is 0. The van der Waals surface area contributed by atoms with Crippen molar-refractivity contribution in [3.63, 3.8) is 0 Å². The fraction of sp³-hybridized carbons (Fsp3) is 0.450. The van der Waals surface area contributed by atoms with Gasteiger partial charge in [-0.25, -0.2) is 14.4 Å². The summed E-state index contributed by atoms with van der Waals surface area (Å²) in [6.45, 7) is 9.06. The number of esters is 3. The lowest BCUT2D eigenvalue weighted by Gasteiger charge is -2.28. The van der Waals surface area contributed by atoms with E-state index in [4.69, 9.17) is 18.6 Å². The van der Waals surface area contributed by atoms with Crippen molar-refractivity contribution in [2.75, 3.05) is 19.8 Å². The maximum atomic E-state index is 12.6. The van der Waals surface area contributed by atoms with E-state index in [0.29, 0.717) is 11.4 Å². The summed E-state index contributed by atoms with van der Waals surface area (Å²) in [5.41, 5.74) is 1.70. The number of ether oxygens (including phenoxy) is 3. The van der Waals surface area contributed by atoms with Crippen molar-refractivity contribution in [3.8, 4) is 0 Å². The topological polar surface area (TPSA) is 104 Å². The first-order valence-corrected chi connectivity index (χ1v) is 9.13. The number of nitrogens with one attached hydrogen (secondary N) is 1. The third kappa shape index (κ3) is 4.27. The quantitative estimate of drug-likeness (QED) is 0.559. The van der Waals surface area contributed by atoms with Gasteiger partial charge in [0.15, 0.2) is 0 Å². The molecule has 8 heteroatoms. The molecule has 1 aliphatic heterocycles. The summed E-state index contributed by atoms with van der Waals surface area (Å²) in [5.74, 6) is -2.35. The fourth-order valence-corrected chi connectivity index (χ4v) is 3.06. The Morgan fingerprint density at radius 1 is 0.893 bits per heavy atom. The molecule has 1 aromatic heterocycles. The standard InChI is InChI=1S/C20H25NO7/c1-6-25-18(22)13-9-14(28-10-13)17-15(19(23)26-7-2)11(4)21-12(5)16(17)20(24)27-8-3/h9-10,17,21H,6-8H2,1-5H3. The normalized spacial score (nSPS) is 14.6. The molecule has 2 heterocycles. The van der Waals surface area contributed by atoms with Gasteiger partial charge in [0.1, 0.15) is 12.0 Å². The maximum absolute atomic E-state index is 12.6. The molecule has 28 heavy (non-hydrogen) atoms. The molecule has 0 aromatic carbocycles. The molecule has 0 fully saturated rings. The van der Waals surface area contributed by atoms with E-state index in [9.17, 15) is 14.4 Å². The first-order chi connectivity index (χ1) is 13.3. The van der Waals surface area contributed by atoms with Crippen molar-refractivity contribution in [1.29, 1.82) is 0 Å². The summed E-state index contributed by atoms with van der Waals surface area (Å²) in [6, 6.07) is 1.47. The zero-order valence-corrected chi connectivity index (χ0v) is 16.7. The van der Waals surface area contributed by atoms with Crippen LogP contribution in [0.25, 0.3) is 0 Å². The highest BCUT2D eigenvalue weighted by Gasteiger charge is 2.40. The molecule has 1 aliphatic rings. The van der Waals surface area contributed by atoms with Crippen LogP contribution >= 0.6 is 0 Å². The van der Waals surface area contributed by atoms with Crippen LogP contribution in [0.5, 0.6) is 0 Å². The molecular formula is C20H25NO7. The van der Waals surface area contributed by atoms with E-state index in [0.717, 1.165) is 0 Å². The Hall–Kier alpha value is -3.03. The minimum absolute atomic E-state index is 0.173. The van der Waals surface area contributed by atoms with Gasteiger partial charge in [-0.3, -0.25) is 0 Å². The van der Waals surface area contributed by atoms with E-state index in [1.165, 1.54) is 12.3 Å². The van der Waals surface area contributed by atoms with Crippen LogP contribution in [0, 0.1) is 0 Å². The molecule has 0 radical (unpaired) electrons. The lowest BCUT2D eigenvalue weighted by Crippen LogP contribution is -2.32. The number of furan rings is 1. The van der Waals surface area contributed by atoms with E-state index >= 15 is 0 Å².